The number of aliphatic hydroxyl groups excluding tert-OH is 1. The number of ether oxygens (including phenoxy) is 1. The summed E-state index contributed by atoms with van der Waals surface area (Å²) in [4.78, 5) is 36.8. The Hall–Kier alpha value is -3.15. The maximum absolute atomic E-state index is 12.0. The molecule has 3 aromatic rings. The smallest absolute Gasteiger partial charge is 0.434 e. The molecule has 152 valence electrons. The van der Waals surface area contributed by atoms with Crippen LogP contribution in [0.25, 0.3) is 0 Å². The van der Waals surface area contributed by atoms with Crippen molar-refractivity contribution in [2.75, 3.05) is 11.9 Å². The number of halogens is 2. The molecule has 0 radical (unpaired) electrons. The molecule has 3 rings (SSSR count). The first kappa shape index (κ1) is 20.6. The van der Waals surface area contributed by atoms with Crippen LogP contribution in [0.4, 0.5) is 5.69 Å². The van der Waals surface area contributed by atoms with Gasteiger partial charge in [-0.05, 0) is 17.3 Å². The van der Waals surface area contributed by atoms with E-state index in [2.05, 4.69) is 30.2 Å². The lowest BCUT2D eigenvalue weighted by atomic mass is 10.1. The number of nitrogens with one attached hydrogen (secondary N) is 3. The number of rotatable bonds is 6. The molecule has 29 heavy (non-hydrogen) atoms. The third kappa shape index (κ3) is 4.65. The van der Waals surface area contributed by atoms with Gasteiger partial charge in [0.15, 0.2) is 5.75 Å². The Morgan fingerprint density at radius 1 is 1.31 bits per heavy atom. The summed E-state index contributed by atoms with van der Waals surface area (Å²) in [7, 11) is 0. The van der Waals surface area contributed by atoms with Gasteiger partial charge in [-0.2, -0.15) is 0 Å². The quantitative estimate of drug-likeness (QED) is 0.450. The van der Waals surface area contributed by atoms with E-state index in [0.717, 1.165) is 0 Å². The standard InChI is InChI=1S/C16H13Cl2N5O6/c1-6(5-24)8-4-11(21-22-14(8)25)28-12-9(17)2-7(3-10(12)18)19-15(26)13-20-16(27)29-23-13/h2-4,6,24H,5H2,1H3,(H,19,26)(H,22,25)(H,20,23,27). The van der Waals surface area contributed by atoms with Gasteiger partial charge in [-0.3, -0.25) is 19.1 Å². The Bertz CT molecular complexity index is 1150. The van der Waals surface area contributed by atoms with Crippen molar-refractivity contribution in [2.45, 2.75) is 12.8 Å². The number of carbonyl (C=O) groups excluding carboxylic acids is 1. The summed E-state index contributed by atoms with van der Waals surface area (Å²) in [5, 5.41) is 21.1. The molecule has 2 aromatic heterocycles. The Kier molecular flexibility index (Phi) is 6.01. The first-order chi connectivity index (χ1) is 13.8. The number of carbonyl (C=O) groups is 1. The van der Waals surface area contributed by atoms with E-state index in [4.69, 9.17) is 27.9 Å². The summed E-state index contributed by atoms with van der Waals surface area (Å²) >= 11 is 12.4. The van der Waals surface area contributed by atoms with E-state index < -0.39 is 23.1 Å². The van der Waals surface area contributed by atoms with Gasteiger partial charge in [-0.1, -0.05) is 30.1 Å². The van der Waals surface area contributed by atoms with Crippen LogP contribution < -0.4 is 21.4 Å². The van der Waals surface area contributed by atoms with Crippen molar-refractivity contribution in [1.82, 2.24) is 20.3 Å². The van der Waals surface area contributed by atoms with E-state index in [1.54, 1.807) is 6.92 Å². The zero-order chi connectivity index (χ0) is 21.1. The number of hydrogen-bond acceptors (Lipinski definition) is 8. The van der Waals surface area contributed by atoms with Crippen LogP contribution in [0, 0.1) is 0 Å². The van der Waals surface area contributed by atoms with E-state index in [9.17, 15) is 19.5 Å². The van der Waals surface area contributed by atoms with Crippen molar-refractivity contribution < 1.29 is 19.2 Å². The van der Waals surface area contributed by atoms with Crippen LogP contribution in [0.15, 0.2) is 32.3 Å². The first-order valence-corrected chi connectivity index (χ1v) is 8.78. The molecule has 0 spiro atoms. The second kappa shape index (κ2) is 8.47. The van der Waals surface area contributed by atoms with E-state index in [1.165, 1.54) is 18.2 Å². The molecule has 1 amide bonds. The largest absolute Gasteiger partial charge is 0.439 e. The third-order valence-corrected chi connectivity index (χ3v) is 4.29. The average molecular weight is 442 g/mol. The molecule has 1 aromatic carbocycles. The van der Waals surface area contributed by atoms with Crippen LogP contribution in [0.2, 0.25) is 10.0 Å². The van der Waals surface area contributed by atoms with Gasteiger partial charge >= 0.3 is 5.76 Å². The number of anilines is 1. The Morgan fingerprint density at radius 3 is 2.59 bits per heavy atom. The van der Waals surface area contributed by atoms with E-state index in [0.29, 0.717) is 0 Å². The third-order valence-electron chi connectivity index (χ3n) is 3.73. The highest BCUT2D eigenvalue weighted by Crippen LogP contribution is 2.38. The highest BCUT2D eigenvalue weighted by molar-refractivity contribution is 6.37. The monoisotopic (exact) mass is 441 g/mol. The SMILES string of the molecule is CC(CO)c1cc(Oc2c(Cl)cc(NC(=O)c3noc(=O)[nH]3)cc2Cl)n[nH]c1=O. The zero-order valence-corrected chi connectivity index (χ0v) is 16.2. The number of amides is 1. The maximum Gasteiger partial charge on any atom is 0.439 e. The molecule has 2 heterocycles. The van der Waals surface area contributed by atoms with Gasteiger partial charge in [-0.15, -0.1) is 5.10 Å². The molecule has 1 atom stereocenters. The summed E-state index contributed by atoms with van der Waals surface area (Å²) in [6, 6.07) is 4.06. The topological polar surface area (TPSA) is 163 Å². The van der Waals surface area contributed by atoms with Gasteiger partial charge in [0, 0.05) is 29.8 Å². The molecule has 0 fully saturated rings. The van der Waals surface area contributed by atoms with Crippen LogP contribution in [-0.2, 0) is 0 Å². The van der Waals surface area contributed by atoms with Gasteiger partial charge in [0.05, 0.1) is 10.0 Å². The Balaban J connectivity index is 1.84. The number of benzene rings is 1. The molecule has 0 aliphatic rings. The molecule has 0 aliphatic carbocycles. The van der Waals surface area contributed by atoms with Crippen molar-refractivity contribution in [3.05, 3.63) is 60.5 Å². The molecule has 0 bridgehead atoms. The highest BCUT2D eigenvalue weighted by atomic mass is 35.5. The molecule has 0 saturated heterocycles. The normalized spacial score (nSPS) is 11.9. The molecule has 0 aliphatic heterocycles. The number of H-pyrrole nitrogens is 2. The highest BCUT2D eigenvalue weighted by Gasteiger charge is 2.17. The lowest BCUT2D eigenvalue weighted by Crippen LogP contribution is -2.18. The summed E-state index contributed by atoms with van der Waals surface area (Å²) in [6.07, 6.45) is 0. The number of aromatic nitrogens is 4. The van der Waals surface area contributed by atoms with Gasteiger partial charge in [0.25, 0.3) is 11.5 Å². The molecule has 11 nitrogen and oxygen atoms in total. The summed E-state index contributed by atoms with van der Waals surface area (Å²) in [6.45, 7) is 1.42. The van der Waals surface area contributed by atoms with Crippen molar-refractivity contribution in [1.29, 1.82) is 0 Å². The number of aliphatic hydroxyl groups is 1. The molecule has 1 unspecified atom stereocenters. The van der Waals surface area contributed by atoms with Gasteiger partial charge < -0.3 is 15.2 Å². The minimum absolute atomic E-state index is 0.000609. The summed E-state index contributed by atoms with van der Waals surface area (Å²) < 4.78 is 9.82. The van der Waals surface area contributed by atoms with Crippen LogP contribution in [0.5, 0.6) is 11.6 Å². The summed E-state index contributed by atoms with van der Waals surface area (Å²) in [5.41, 5.74) is 0.0144. The van der Waals surface area contributed by atoms with E-state index >= 15 is 0 Å². The Morgan fingerprint density at radius 2 is 2.00 bits per heavy atom. The van der Waals surface area contributed by atoms with Crippen LogP contribution in [0.3, 0.4) is 0 Å². The number of nitrogens with zero attached hydrogens (tertiary/aromatic N) is 2. The fourth-order valence-electron chi connectivity index (χ4n) is 2.27. The van der Waals surface area contributed by atoms with Gasteiger partial charge in [0.1, 0.15) is 0 Å². The molecule has 4 N–H and O–H groups in total. The second-order valence-corrected chi connectivity index (χ2v) is 6.66. The van der Waals surface area contributed by atoms with Gasteiger partial charge in [0.2, 0.25) is 11.7 Å². The molecular weight excluding hydrogens is 429 g/mol. The fourth-order valence-corrected chi connectivity index (χ4v) is 2.83. The number of hydrogen-bond donors (Lipinski definition) is 4. The van der Waals surface area contributed by atoms with Crippen molar-refractivity contribution >= 4 is 34.8 Å². The lowest BCUT2D eigenvalue weighted by Gasteiger charge is -2.12. The average Bonchev–Trinajstić information content (AvgIpc) is 3.12. The minimum atomic E-state index is -0.877. The maximum atomic E-state index is 12.0. The minimum Gasteiger partial charge on any atom is -0.434 e. The van der Waals surface area contributed by atoms with Crippen LogP contribution in [0.1, 0.15) is 29.0 Å². The van der Waals surface area contributed by atoms with Crippen molar-refractivity contribution in [2.24, 2.45) is 0 Å². The number of aromatic amines is 2. The zero-order valence-electron chi connectivity index (χ0n) is 14.7. The van der Waals surface area contributed by atoms with E-state index in [-0.39, 0.29) is 45.4 Å². The molecule has 0 saturated carbocycles. The summed E-state index contributed by atoms with van der Waals surface area (Å²) in [5.74, 6) is -2.36. The first-order valence-electron chi connectivity index (χ1n) is 8.03. The van der Waals surface area contributed by atoms with Gasteiger partial charge in [-0.25, -0.2) is 9.89 Å². The van der Waals surface area contributed by atoms with E-state index in [1.807, 2.05) is 0 Å². The van der Waals surface area contributed by atoms with Crippen LogP contribution in [-0.4, -0.2) is 38.0 Å². The van der Waals surface area contributed by atoms with Crippen molar-refractivity contribution in [3.63, 3.8) is 0 Å². The predicted octanol–water partition coefficient (Wildman–Crippen LogP) is 1.89. The van der Waals surface area contributed by atoms with Crippen LogP contribution >= 0.6 is 23.2 Å². The lowest BCUT2D eigenvalue weighted by molar-refractivity contribution is 0.101. The van der Waals surface area contributed by atoms with Crippen molar-refractivity contribution in [3.8, 4) is 11.6 Å². The fraction of sp³-hybridized carbons (Fsp3) is 0.188. The predicted molar refractivity (Wildman–Crippen MR) is 102 cm³/mol. The molecule has 13 heteroatoms. The Labute approximate surface area is 171 Å². The second-order valence-electron chi connectivity index (χ2n) is 5.84. The molecular formula is C16H13Cl2N5O6.